The van der Waals surface area contributed by atoms with Crippen LogP contribution in [-0.2, 0) is 6.42 Å². The predicted molar refractivity (Wildman–Crippen MR) is 42.8 cm³/mol. The van der Waals surface area contributed by atoms with Gasteiger partial charge in [0.25, 0.3) is 6.33 Å². The lowest BCUT2D eigenvalue weighted by Crippen LogP contribution is -2.31. The van der Waals surface area contributed by atoms with Gasteiger partial charge in [0.2, 0.25) is 0 Å². The molecule has 0 amide bonds. The molecule has 0 unspecified atom stereocenters. The topological polar surface area (TPSA) is 34.3 Å². The molecule has 0 aliphatic heterocycles. The number of tetrazole rings is 1. The first-order valence-electron chi connectivity index (χ1n) is 4.02. The molecule has 0 aliphatic carbocycles. The number of aryl methyl sites for hydroxylation is 2. The van der Waals surface area contributed by atoms with Crippen molar-refractivity contribution in [2.45, 2.75) is 20.3 Å². The third-order valence-corrected chi connectivity index (χ3v) is 1.97. The van der Waals surface area contributed by atoms with E-state index in [-0.39, 0.29) is 0 Å². The van der Waals surface area contributed by atoms with Crippen LogP contribution in [0.5, 0.6) is 0 Å². The summed E-state index contributed by atoms with van der Waals surface area (Å²) in [6.07, 6.45) is 4.71. The molecule has 0 N–H and O–H groups in total. The van der Waals surface area contributed by atoms with Crippen molar-refractivity contribution in [3.8, 4) is 0 Å². The maximum absolute atomic E-state index is 3.92. The molecule has 4 nitrogen and oxygen atoms in total. The summed E-state index contributed by atoms with van der Waals surface area (Å²) in [6.45, 7) is 4.17. The van der Waals surface area contributed by atoms with Crippen LogP contribution in [0.2, 0.25) is 0 Å². The normalized spacial score (nSPS) is 10.8. The molecule has 0 fully saturated rings. The van der Waals surface area contributed by atoms with Crippen molar-refractivity contribution in [1.29, 1.82) is 0 Å². The zero-order chi connectivity index (χ0) is 8.55. The Hall–Kier alpha value is -1.45. The van der Waals surface area contributed by atoms with Gasteiger partial charge in [0.15, 0.2) is 5.21 Å². The van der Waals surface area contributed by atoms with Crippen LogP contribution in [0.3, 0.4) is 0 Å². The summed E-state index contributed by atoms with van der Waals surface area (Å²) in [5, 5.41) is 7.73. The predicted octanol–water partition coefficient (Wildman–Crippen LogP) is 0.186. The Morgan fingerprint density at radius 3 is 3.17 bits per heavy atom. The van der Waals surface area contributed by atoms with Gasteiger partial charge < -0.3 is 0 Å². The zero-order valence-electron chi connectivity index (χ0n) is 7.23. The Balaban J connectivity index is 2.75. The van der Waals surface area contributed by atoms with Crippen molar-refractivity contribution in [2.75, 3.05) is 0 Å². The van der Waals surface area contributed by atoms with Gasteiger partial charge in [-0.25, -0.2) is 0 Å². The molecule has 0 saturated heterocycles. The van der Waals surface area contributed by atoms with E-state index in [1.165, 1.54) is 5.56 Å². The molecule has 2 aromatic heterocycles. The third-order valence-electron chi connectivity index (χ3n) is 1.97. The van der Waals surface area contributed by atoms with E-state index in [9.17, 15) is 0 Å². The molecule has 2 aromatic rings. The number of rotatable bonds is 1. The summed E-state index contributed by atoms with van der Waals surface area (Å²) in [4.78, 5) is 0. The molecule has 0 aromatic carbocycles. The smallest absolute Gasteiger partial charge is 0.127 e. The van der Waals surface area contributed by atoms with Gasteiger partial charge in [0.1, 0.15) is 10.8 Å². The van der Waals surface area contributed by atoms with Crippen LogP contribution in [0.1, 0.15) is 18.2 Å². The van der Waals surface area contributed by atoms with Crippen LogP contribution in [0.4, 0.5) is 0 Å². The zero-order valence-corrected chi connectivity index (χ0v) is 7.23. The van der Waals surface area contributed by atoms with Crippen molar-refractivity contribution in [2.24, 2.45) is 0 Å². The molecule has 2 rings (SSSR count). The van der Waals surface area contributed by atoms with E-state index in [4.69, 9.17) is 0 Å². The summed E-state index contributed by atoms with van der Waals surface area (Å²) < 4.78 is 3.65. The summed E-state index contributed by atoms with van der Waals surface area (Å²) in [7, 11) is 0. The van der Waals surface area contributed by atoms with E-state index in [1.54, 1.807) is 11.0 Å². The van der Waals surface area contributed by atoms with Crippen molar-refractivity contribution in [1.82, 2.24) is 14.9 Å². The van der Waals surface area contributed by atoms with Crippen molar-refractivity contribution >= 4 is 0 Å². The van der Waals surface area contributed by atoms with Crippen LogP contribution < -0.4 is 4.52 Å². The average Bonchev–Trinajstić information content (AvgIpc) is 2.52. The Kier molecular flexibility index (Phi) is 1.53. The van der Waals surface area contributed by atoms with Gasteiger partial charge in [0.05, 0.1) is 6.20 Å². The number of hydrogen-bond acceptors (Lipinski definition) is 2. The summed E-state index contributed by atoms with van der Waals surface area (Å²) in [5.41, 5.74) is 2.43. The Labute approximate surface area is 70.4 Å². The third kappa shape index (κ3) is 0.958. The summed E-state index contributed by atoms with van der Waals surface area (Å²) in [6, 6.07) is 2.14. The minimum atomic E-state index is 1.02. The van der Waals surface area contributed by atoms with Crippen LogP contribution in [-0.4, -0.2) is 14.9 Å². The number of hydrogen-bond donors (Lipinski definition) is 0. The van der Waals surface area contributed by atoms with Gasteiger partial charge >= 0.3 is 0 Å². The molecule has 0 spiro atoms. The molecule has 2 heterocycles. The highest BCUT2D eigenvalue weighted by Crippen LogP contribution is 1.98. The maximum atomic E-state index is 3.92. The van der Waals surface area contributed by atoms with Gasteiger partial charge in [-0.15, -0.1) is 4.52 Å². The lowest BCUT2D eigenvalue weighted by Gasteiger charge is -1.96. The monoisotopic (exact) mass is 163 g/mol. The van der Waals surface area contributed by atoms with E-state index in [2.05, 4.69) is 23.3 Å². The van der Waals surface area contributed by atoms with Crippen molar-refractivity contribution in [3.63, 3.8) is 0 Å². The Morgan fingerprint density at radius 2 is 2.42 bits per heavy atom. The quantitative estimate of drug-likeness (QED) is 0.562. The highest BCUT2D eigenvalue weighted by molar-refractivity contribution is 5.08. The fourth-order valence-electron chi connectivity index (χ4n) is 1.27. The minimum absolute atomic E-state index is 1.02. The van der Waals surface area contributed by atoms with Crippen LogP contribution in [0, 0.1) is 6.92 Å². The van der Waals surface area contributed by atoms with Gasteiger partial charge in [-0.05, 0) is 29.6 Å². The van der Waals surface area contributed by atoms with E-state index in [1.807, 2.05) is 17.6 Å². The van der Waals surface area contributed by atoms with Gasteiger partial charge in [-0.3, -0.25) is 0 Å². The molecule has 62 valence electrons. The fraction of sp³-hybridized carbons (Fsp3) is 0.375. The second kappa shape index (κ2) is 2.55. The molecule has 0 atom stereocenters. The Morgan fingerprint density at radius 1 is 1.58 bits per heavy atom. The first-order valence-corrected chi connectivity index (χ1v) is 4.02. The lowest BCUT2D eigenvalue weighted by atomic mass is 10.2. The van der Waals surface area contributed by atoms with Crippen molar-refractivity contribution < 1.29 is 4.52 Å². The lowest BCUT2D eigenvalue weighted by molar-refractivity contribution is -0.630. The van der Waals surface area contributed by atoms with E-state index in [0.29, 0.717) is 0 Å². The summed E-state index contributed by atoms with van der Waals surface area (Å²) >= 11 is 0. The minimum Gasteiger partial charge on any atom is -0.127 e. The molecular formula is C8H11N4+. The van der Waals surface area contributed by atoms with Gasteiger partial charge in [0, 0.05) is 0 Å². The van der Waals surface area contributed by atoms with Crippen LogP contribution in [0.15, 0.2) is 18.6 Å². The molecular weight excluding hydrogens is 152 g/mol. The fourth-order valence-corrected chi connectivity index (χ4v) is 1.27. The number of fused-ring (bicyclic) bond motifs is 1. The Bertz CT molecular complexity index is 404. The first-order chi connectivity index (χ1) is 5.81. The SMILES string of the molecule is CCc1cc(C)[n+]2cnnn2c1. The second-order valence-corrected chi connectivity index (χ2v) is 2.83. The van der Waals surface area contributed by atoms with Gasteiger partial charge in [-0.1, -0.05) is 6.92 Å². The van der Waals surface area contributed by atoms with E-state index in [0.717, 1.165) is 12.1 Å². The highest BCUT2D eigenvalue weighted by atomic mass is 15.6. The average molecular weight is 163 g/mol. The van der Waals surface area contributed by atoms with Crippen molar-refractivity contribution in [3.05, 3.63) is 29.8 Å². The molecule has 0 bridgehead atoms. The van der Waals surface area contributed by atoms with E-state index >= 15 is 0 Å². The molecule has 0 radical (unpaired) electrons. The molecule has 0 aliphatic rings. The highest BCUT2D eigenvalue weighted by Gasteiger charge is 2.05. The summed E-state index contributed by atoms with van der Waals surface area (Å²) in [5.74, 6) is 0. The van der Waals surface area contributed by atoms with E-state index < -0.39 is 0 Å². The maximum Gasteiger partial charge on any atom is 0.293 e. The van der Waals surface area contributed by atoms with Gasteiger partial charge in [-0.2, -0.15) is 0 Å². The standard InChI is InChI=1S/C8H11N4/c1-3-8-4-7(2)11-6-9-10-12(11)5-8/h4-6H,3H2,1-2H3/q+1. The first kappa shape index (κ1) is 7.21. The largest absolute Gasteiger partial charge is 0.293 e. The van der Waals surface area contributed by atoms with Crippen LogP contribution >= 0.6 is 0 Å². The molecule has 0 saturated carbocycles. The van der Waals surface area contributed by atoms with Crippen LogP contribution in [0.25, 0.3) is 0 Å². The molecule has 12 heavy (non-hydrogen) atoms. The second-order valence-electron chi connectivity index (χ2n) is 2.83. The number of aromatic nitrogens is 4. The number of nitrogens with zero attached hydrogens (tertiary/aromatic N) is 4. The molecule has 4 heteroatoms.